The number of esters is 2. The van der Waals surface area contributed by atoms with Crippen molar-refractivity contribution in [2.24, 2.45) is 5.41 Å². The van der Waals surface area contributed by atoms with E-state index in [1.54, 1.807) is 0 Å². The third-order valence-electron chi connectivity index (χ3n) is 3.79. The van der Waals surface area contributed by atoms with E-state index in [1.807, 2.05) is 51.1 Å². The molecule has 0 fully saturated rings. The Balaban J connectivity index is 2.87. The topological polar surface area (TPSA) is 52.6 Å². The van der Waals surface area contributed by atoms with Gasteiger partial charge in [0.1, 0.15) is 6.61 Å². The molecular formula is C19H28O4. The van der Waals surface area contributed by atoms with E-state index in [1.165, 1.54) is 0 Å². The Hall–Kier alpha value is -1.84. The van der Waals surface area contributed by atoms with Crippen LogP contribution in [0, 0.1) is 5.41 Å². The molecule has 4 nitrogen and oxygen atoms in total. The van der Waals surface area contributed by atoms with Crippen LogP contribution in [-0.2, 0) is 25.7 Å². The van der Waals surface area contributed by atoms with Crippen molar-refractivity contribution in [3.63, 3.8) is 0 Å². The van der Waals surface area contributed by atoms with Crippen molar-refractivity contribution in [2.75, 3.05) is 6.61 Å². The SMILES string of the molecule is CCCOC(=O)C(CCC)(CCC)C(=O)OCc1ccccc1. The van der Waals surface area contributed by atoms with E-state index in [0.717, 1.165) is 24.8 Å². The summed E-state index contributed by atoms with van der Waals surface area (Å²) in [5.41, 5.74) is -0.266. The third-order valence-corrected chi connectivity index (χ3v) is 3.79. The van der Waals surface area contributed by atoms with E-state index < -0.39 is 17.4 Å². The molecule has 0 aliphatic carbocycles. The van der Waals surface area contributed by atoms with Crippen molar-refractivity contribution in [2.45, 2.75) is 59.5 Å². The molecule has 0 radical (unpaired) electrons. The van der Waals surface area contributed by atoms with E-state index in [4.69, 9.17) is 9.47 Å². The first-order valence-corrected chi connectivity index (χ1v) is 8.49. The zero-order valence-corrected chi connectivity index (χ0v) is 14.5. The van der Waals surface area contributed by atoms with Gasteiger partial charge in [-0.05, 0) is 24.8 Å². The average molecular weight is 320 g/mol. The highest BCUT2D eigenvalue weighted by atomic mass is 16.6. The van der Waals surface area contributed by atoms with Gasteiger partial charge >= 0.3 is 11.9 Å². The molecule has 1 aromatic carbocycles. The summed E-state index contributed by atoms with van der Waals surface area (Å²) < 4.78 is 10.8. The fourth-order valence-electron chi connectivity index (χ4n) is 2.66. The lowest BCUT2D eigenvalue weighted by Gasteiger charge is -2.28. The smallest absolute Gasteiger partial charge is 0.323 e. The number of carbonyl (C=O) groups is 2. The van der Waals surface area contributed by atoms with E-state index in [-0.39, 0.29) is 6.61 Å². The molecule has 0 N–H and O–H groups in total. The van der Waals surface area contributed by atoms with Gasteiger partial charge in [0.05, 0.1) is 6.61 Å². The molecular weight excluding hydrogens is 292 g/mol. The van der Waals surface area contributed by atoms with E-state index in [0.29, 0.717) is 19.4 Å². The standard InChI is InChI=1S/C19H28O4/c1-4-12-19(13-5-2,17(20)22-14-6-3)18(21)23-15-16-10-8-7-9-11-16/h7-11H,4-6,12-15H2,1-3H3. The molecule has 1 rings (SSSR count). The van der Waals surface area contributed by atoms with Crippen LogP contribution >= 0.6 is 0 Å². The monoisotopic (exact) mass is 320 g/mol. The van der Waals surface area contributed by atoms with Crippen LogP contribution in [0.3, 0.4) is 0 Å². The van der Waals surface area contributed by atoms with Crippen LogP contribution in [0.2, 0.25) is 0 Å². The van der Waals surface area contributed by atoms with Crippen LogP contribution in [-0.4, -0.2) is 18.5 Å². The average Bonchev–Trinajstić information content (AvgIpc) is 2.58. The molecule has 0 saturated heterocycles. The van der Waals surface area contributed by atoms with Gasteiger partial charge in [0.25, 0.3) is 0 Å². The number of carbonyl (C=O) groups excluding carboxylic acids is 2. The molecule has 1 aromatic rings. The molecule has 0 amide bonds. The minimum atomic E-state index is -1.17. The summed E-state index contributed by atoms with van der Waals surface area (Å²) in [6, 6.07) is 9.48. The second-order valence-electron chi connectivity index (χ2n) is 5.78. The van der Waals surface area contributed by atoms with E-state index >= 15 is 0 Å². The van der Waals surface area contributed by atoms with Crippen LogP contribution in [0.15, 0.2) is 30.3 Å². The molecule has 0 aliphatic heterocycles. The van der Waals surface area contributed by atoms with Gasteiger partial charge in [0.2, 0.25) is 0 Å². The van der Waals surface area contributed by atoms with Gasteiger partial charge in [-0.3, -0.25) is 9.59 Å². The summed E-state index contributed by atoms with van der Waals surface area (Å²) in [6.07, 6.45) is 3.09. The van der Waals surface area contributed by atoms with Crippen molar-refractivity contribution in [1.82, 2.24) is 0 Å². The summed E-state index contributed by atoms with van der Waals surface area (Å²) in [6.45, 7) is 6.36. The van der Waals surface area contributed by atoms with Crippen molar-refractivity contribution in [3.05, 3.63) is 35.9 Å². The fourth-order valence-corrected chi connectivity index (χ4v) is 2.66. The lowest BCUT2D eigenvalue weighted by atomic mass is 9.79. The summed E-state index contributed by atoms with van der Waals surface area (Å²) >= 11 is 0. The Morgan fingerprint density at radius 1 is 0.870 bits per heavy atom. The molecule has 0 atom stereocenters. The van der Waals surface area contributed by atoms with Gasteiger partial charge in [-0.25, -0.2) is 0 Å². The Morgan fingerprint density at radius 2 is 1.43 bits per heavy atom. The van der Waals surface area contributed by atoms with Gasteiger partial charge in [-0.15, -0.1) is 0 Å². The normalized spacial score (nSPS) is 11.1. The Labute approximate surface area is 139 Å². The van der Waals surface area contributed by atoms with Crippen LogP contribution < -0.4 is 0 Å². The summed E-state index contributed by atoms with van der Waals surface area (Å²) in [7, 11) is 0. The first-order valence-electron chi connectivity index (χ1n) is 8.49. The van der Waals surface area contributed by atoms with Gasteiger partial charge in [-0.1, -0.05) is 63.9 Å². The first kappa shape index (κ1) is 19.2. The minimum absolute atomic E-state index is 0.176. The second kappa shape index (κ2) is 10.0. The van der Waals surface area contributed by atoms with Crippen molar-refractivity contribution >= 4 is 11.9 Å². The maximum atomic E-state index is 12.7. The van der Waals surface area contributed by atoms with E-state index in [2.05, 4.69) is 0 Å². The molecule has 23 heavy (non-hydrogen) atoms. The number of hydrogen-bond acceptors (Lipinski definition) is 4. The maximum Gasteiger partial charge on any atom is 0.323 e. The second-order valence-corrected chi connectivity index (χ2v) is 5.78. The number of rotatable bonds is 10. The Kier molecular flexibility index (Phi) is 8.38. The Bertz CT molecular complexity index is 475. The zero-order chi connectivity index (χ0) is 17.1. The molecule has 0 heterocycles. The molecule has 0 bridgehead atoms. The van der Waals surface area contributed by atoms with Crippen LogP contribution in [0.5, 0.6) is 0 Å². The first-order chi connectivity index (χ1) is 11.1. The Morgan fingerprint density at radius 3 is 1.96 bits per heavy atom. The van der Waals surface area contributed by atoms with Crippen LogP contribution in [0.4, 0.5) is 0 Å². The zero-order valence-electron chi connectivity index (χ0n) is 14.5. The van der Waals surface area contributed by atoms with Crippen LogP contribution in [0.1, 0.15) is 58.4 Å². The third kappa shape index (κ3) is 5.38. The highest BCUT2D eigenvalue weighted by Gasteiger charge is 2.47. The quantitative estimate of drug-likeness (QED) is 0.477. The summed E-state index contributed by atoms with van der Waals surface area (Å²) in [5.74, 6) is -0.910. The van der Waals surface area contributed by atoms with Gasteiger partial charge in [-0.2, -0.15) is 0 Å². The lowest BCUT2D eigenvalue weighted by molar-refractivity contribution is -0.175. The fraction of sp³-hybridized carbons (Fsp3) is 0.579. The number of ether oxygens (including phenoxy) is 2. The van der Waals surface area contributed by atoms with E-state index in [9.17, 15) is 9.59 Å². The molecule has 0 aliphatic rings. The lowest BCUT2D eigenvalue weighted by Crippen LogP contribution is -2.42. The molecule has 0 aromatic heterocycles. The highest BCUT2D eigenvalue weighted by molar-refractivity contribution is 6.00. The maximum absolute atomic E-state index is 12.7. The van der Waals surface area contributed by atoms with Gasteiger partial charge in [0.15, 0.2) is 5.41 Å². The predicted molar refractivity (Wildman–Crippen MR) is 89.7 cm³/mol. The predicted octanol–water partition coefficient (Wildman–Crippen LogP) is 4.27. The van der Waals surface area contributed by atoms with Crippen molar-refractivity contribution in [3.8, 4) is 0 Å². The molecule has 0 unspecified atom stereocenters. The molecule has 128 valence electrons. The van der Waals surface area contributed by atoms with Gasteiger partial charge < -0.3 is 9.47 Å². The minimum Gasteiger partial charge on any atom is -0.465 e. The number of benzene rings is 1. The summed E-state index contributed by atoms with van der Waals surface area (Å²) in [5, 5.41) is 0. The molecule has 0 saturated carbocycles. The van der Waals surface area contributed by atoms with Gasteiger partial charge in [0, 0.05) is 0 Å². The summed E-state index contributed by atoms with van der Waals surface area (Å²) in [4.78, 5) is 25.2. The highest BCUT2D eigenvalue weighted by Crippen LogP contribution is 2.33. The molecule has 4 heteroatoms. The number of hydrogen-bond donors (Lipinski definition) is 0. The van der Waals surface area contributed by atoms with Crippen molar-refractivity contribution < 1.29 is 19.1 Å². The largest absolute Gasteiger partial charge is 0.465 e. The molecule has 0 spiro atoms. The van der Waals surface area contributed by atoms with Crippen LogP contribution in [0.25, 0.3) is 0 Å². The van der Waals surface area contributed by atoms with Crippen molar-refractivity contribution in [1.29, 1.82) is 0 Å².